The Labute approximate surface area is 154 Å². The van der Waals surface area contributed by atoms with Crippen LogP contribution in [0.25, 0.3) is 0 Å². The van der Waals surface area contributed by atoms with Crippen molar-refractivity contribution in [1.82, 2.24) is 10.3 Å². The fraction of sp³-hybridized carbons (Fsp3) is 0.333. The van der Waals surface area contributed by atoms with E-state index in [0.29, 0.717) is 5.56 Å². The van der Waals surface area contributed by atoms with Crippen molar-refractivity contribution in [2.45, 2.75) is 24.7 Å². The molecular formula is C21H23N3O2. The molecule has 134 valence electrons. The molecule has 1 heterocycles. The monoisotopic (exact) mass is 349 g/mol. The van der Waals surface area contributed by atoms with Gasteiger partial charge in [-0.3, -0.25) is 4.79 Å². The van der Waals surface area contributed by atoms with E-state index in [9.17, 15) is 4.79 Å². The summed E-state index contributed by atoms with van der Waals surface area (Å²) in [6.45, 7) is 0.989. The van der Waals surface area contributed by atoms with Gasteiger partial charge in [0, 0.05) is 23.7 Å². The number of nitrogens with one attached hydrogen (secondary N) is 2. The molecule has 0 radical (unpaired) electrons. The van der Waals surface area contributed by atoms with Gasteiger partial charge in [0.05, 0.1) is 19.2 Å². The Hall–Kier alpha value is -3.00. The molecule has 1 aliphatic rings. The third-order valence-corrected chi connectivity index (χ3v) is 4.97. The molecule has 0 bridgehead atoms. The molecule has 1 saturated carbocycles. The van der Waals surface area contributed by atoms with Crippen LogP contribution in [0, 0.1) is 12.3 Å². The minimum absolute atomic E-state index is 0.0666. The lowest BCUT2D eigenvalue weighted by molar-refractivity contribution is 0.0958. The normalized spacial score (nSPS) is 14.6. The number of terminal acetylenes is 1. The summed E-state index contributed by atoms with van der Waals surface area (Å²) in [4.78, 5) is 16.2. The molecule has 1 aromatic heterocycles. The van der Waals surface area contributed by atoms with E-state index in [-0.39, 0.29) is 17.9 Å². The van der Waals surface area contributed by atoms with E-state index in [0.717, 1.165) is 31.0 Å². The molecule has 1 amide bonds. The number of rotatable bonds is 7. The molecule has 0 unspecified atom stereocenters. The summed E-state index contributed by atoms with van der Waals surface area (Å²) in [5.41, 5.74) is 1.80. The van der Waals surface area contributed by atoms with E-state index < -0.39 is 0 Å². The fourth-order valence-electron chi connectivity index (χ4n) is 3.35. The van der Waals surface area contributed by atoms with Gasteiger partial charge in [0.1, 0.15) is 11.6 Å². The highest BCUT2D eigenvalue weighted by Crippen LogP contribution is 2.47. The number of amides is 1. The standard InChI is InChI=1S/C21H23N3O2/c1-3-13-22-20(25)16-9-10-19(23-14-16)24-15-21(11-6-12-21)17-7-4-5-8-18(17)26-2/h1,4-5,7-10,14H,6,11-13,15H2,2H3,(H,22,25)(H,23,24). The lowest BCUT2D eigenvalue weighted by atomic mass is 9.64. The number of pyridine rings is 1. The van der Waals surface area contributed by atoms with Gasteiger partial charge in [-0.15, -0.1) is 6.42 Å². The number of para-hydroxylation sites is 1. The molecule has 1 aliphatic carbocycles. The smallest absolute Gasteiger partial charge is 0.253 e. The second-order valence-electron chi connectivity index (χ2n) is 6.51. The second kappa shape index (κ2) is 7.92. The number of benzene rings is 1. The van der Waals surface area contributed by atoms with Gasteiger partial charge in [-0.05, 0) is 31.0 Å². The Bertz CT molecular complexity index is 805. The molecule has 5 nitrogen and oxygen atoms in total. The van der Waals surface area contributed by atoms with Crippen LogP contribution in [0.1, 0.15) is 35.2 Å². The third-order valence-electron chi connectivity index (χ3n) is 4.97. The number of nitrogens with zero attached hydrogens (tertiary/aromatic N) is 1. The molecule has 0 atom stereocenters. The zero-order chi connectivity index (χ0) is 18.4. The van der Waals surface area contributed by atoms with Crippen molar-refractivity contribution in [3.63, 3.8) is 0 Å². The van der Waals surface area contributed by atoms with Gasteiger partial charge in [-0.2, -0.15) is 0 Å². The van der Waals surface area contributed by atoms with E-state index >= 15 is 0 Å². The van der Waals surface area contributed by atoms with Crippen molar-refractivity contribution < 1.29 is 9.53 Å². The van der Waals surface area contributed by atoms with E-state index in [2.05, 4.69) is 33.7 Å². The molecule has 26 heavy (non-hydrogen) atoms. The Morgan fingerprint density at radius 3 is 2.73 bits per heavy atom. The van der Waals surface area contributed by atoms with Crippen LogP contribution >= 0.6 is 0 Å². The highest BCUT2D eigenvalue weighted by atomic mass is 16.5. The summed E-state index contributed by atoms with van der Waals surface area (Å²) in [5.74, 6) is 3.85. The summed E-state index contributed by atoms with van der Waals surface area (Å²) in [7, 11) is 1.71. The lowest BCUT2D eigenvalue weighted by Gasteiger charge is -2.43. The Morgan fingerprint density at radius 2 is 2.12 bits per heavy atom. The number of hydrogen-bond donors (Lipinski definition) is 2. The molecule has 0 spiro atoms. The van der Waals surface area contributed by atoms with Crippen LogP contribution in [0.2, 0.25) is 0 Å². The first-order valence-corrected chi connectivity index (χ1v) is 8.74. The number of ether oxygens (including phenoxy) is 1. The number of carbonyl (C=O) groups is 1. The third kappa shape index (κ3) is 3.65. The van der Waals surface area contributed by atoms with Crippen molar-refractivity contribution in [2.75, 3.05) is 25.5 Å². The van der Waals surface area contributed by atoms with Gasteiger partial charge in [-0.1, -0.05) is 30.5 Å². The Balaban J connectivity index is 1.68. The van der Waals surface area contributed by atoms with Crippen molar-refractivity contribution in [1.29, 1.82) is 0 Å². The average Bonchev–Trinajstić information content (AvgIpc) is 2.66. The van der Waals surface area contributed by atoms with E-state index in [1.54, 1.807) is 19.4 Å². The van der Waals surface area contributed by atoms with Crippen LogP contribution in [-0.2, 0) is 5.41 Å². The highest BCUT2D eigenvalue weighted by molar-refractivity contribution is 5.94. The Kier molecular flexibility index (Phi) is 5.43. The predicted molar refractivity (Wildman–Crippen MR) is 102 cm³/mol. The van der Waals surface area contributed by atoms with Crippen molar-refractivity contribution >= 4 is 11.7 Å². The summed E-state index contributed by atoms with van der Waals surface area (Å²) in [5, 5.41) is 6.04. The first-order chi connectivity index (χ1) is 12.7. The zero-order valence-electron chi connectivity index (χ0n) is 14.9. The summed E-state index contributed by atoms with van der Waals surface area (Å²) in [6.07, 6.45) is 10.2. The van der Waals surface area contributed by atoms with Gasteiger partial charge < -0.3 is 15.4 Å². The summed E-state index contributed by atoms with van der Waals surface area (Å²) < 4.78 is 5.55. The molecule has 1 fully saturated rings. The summed E-state index contributed by atoms with van der Waals surface area (Å²) >= 11 is 0. The first kappa shape index (κ1) is 17.8. The van der Waals surface area contributed by atoms with Crippen LogP contribution in [0.3, 0.4) is 0 Å². The van der Waals surface area contributed by atoms with Crippen molar-refractivity contribution in [2.24, 2.45) is 0 Å². The highest BCUT2D eigenvalue weighted by Gasteiger charge is 2.40. The van der Waals surface area contributed by atoms with Gasteiger partial charge >= 0.3 is 0 Å². The molecule has 0 aliphatic heterocycles. The fourth-order valence-corrected chi connectivity index (χ4v) is 3.35. The quantitative estimate of drug-likeness (QED) is 0.755. The van der Waals surface area contributed by atoms with Gasteiger partial charge in [0.15, 0.2) is 0 Å². The first-order valence-electron chi connectivity index (χ1n) is 8.74. The molecule has 2 N–H and O–H groups in total. The largest absolute Gasteiger partial charge is 0.496 e. The van der Waals surface area contributed by atoms with Gasteiger partial charge in [0.2, 0.25) is 0 Å². The lowest BCUT2D eigenvalue weighted by Crippen LogP contribution is -2.41. The van der Waals surface area contributed by atoms with Crippen molar-refractivity contribution in [3.8, 4) is 18.1 Å². The van der Waals surface area contributed by atoms with Crippen LogP contribution in [0.15, 0.2) is 42.6 Å². The SMILES string of the molecule is C#CCNC(=O)c1ccc(NCC2(c3ccccc3OC)CCC2)nc1. The zero-order valence-corrected chi connectivity index (χ0v) is 14.9. The molecule has 2 aromatic rings. The maximum Gasteiger partial charge on any atom is 0.253 e. The maximum atomic E-state index is 11.9. The van der Waals surface area contributed by atoms with Crippen LogP contribution < -0.4 is 15.4 Å². The number of anilines is 1. The predicted octanol–water partition coefficient (Wildman–Crippen LogP) is 2.99. The molecular weight excluding hydrogens is 326 g/mol. The van der Waals surface area contributed by atoms with Gasteiger partial charge in [0.25, 0.3) is 5.91 Å². The molecule has 0 saturated heterocycles. The topological polar surface area (TPSA) is 63.2 Å². The number of aromatic nitrogens is 1. The van der Waals surface area contributed by atoms with Crippen LogP contribution in [0.4, 0.5) is 5.82 Å². The number of hydrogen-bond acceptors (Lipinski definition) is 4. The van der Waals surface area contributed by atoms with E-state index in [1.807, 2.05) is 18.2 Å². The van der Waals surface area contributed by atoms with Gasteiger partial charge in [-0.25, -0.2) is 4.98 Å². The van der Waals surface area contributed by atoms with Crippen molar-refractivity contribution in [3.05, 3.63) is 53.7 Å². The minimum Gasteiger partial charge on any atom is -0.496 e. The minimum atomic E-state index is -0.216. The number of carbonyl (C=O) groups excluding carboxylic acids is 1. The molecule has 5 heteroatoms. The van der Waals surface area contributed by atoms with E-state index in [1.165, 1.54) is 12.0 Å². The summed E-state index contributed by atoms with van der Waals surface area (Å²) in [6, 6.07) is 11.8. The molecule has 1 aromatic carbocycles. The maximum absolute atomic E-state index is 11.9. The van der Waals surface area contributed by atoms with Crippen LogP contribution in [-0.4, -0.2) is 31.1 Å². The Morgan fingerprint density at radius 1 is 1.31 bits per heavy atom. The molecule has 3 rings (SSSR count). The van der Waals surface area contributed by atoms with Crippen LogP contribution in [0.5, 0.6) is 5.75 Å². The van der Waals surface area contributed by atoms with E-state index in [4.69, 9.17) is 11.2 Å². The second-order valence-corrected chi connectivity index (χ2v) is 6.51. The average molecular weight is 349 g/mol. The number of methoxy groups -OCH3 is 1.